The Balaban J connectivity index is 2.08. The van der Waals surface area contributed by atoms with Gasteiger partial charge in [-0.05, 0) is 23.8 Å². The number of rotatable bonds is 5. The molecule has 0 saturated carbocycles. The molecule has 0 aliphatic rings. The van der Waals surface area contributed by atoms with Crippen molar-refractivity contribution in [1.29, 1.82) is 0 Å². The molecule has 0 aliphatic heterocycles. The first-order valence-electron chi connectivity index (χ1n) is 6.34. The molecule has 0 heterocycles. The van der Waals surface area contributed by atoms with Crippen LogP contribution in [-0.4, -0.2) is 18.2 Å². The van der Waals surface area contributed by atoms with Crippen LogP contribution in [0.5, 0.6) is 5.75 Å². The van der Waals surface area contributed by atoms with Crippen LogP contribution in [0, 0.1) is 0 Å². The minimum atomic E-state index is -0.379. The highest BCUT2D eigenvalue weighted by molar-refractivity contribution is 6.32. The van der Waals surface area contributed by atoms with Crippen molar-refractivity contribution in [3.63, 3.8) is 0 Å². The van der Waals surface area contributed by atoms with Gasteiger partial charge in [-0.15, -0.1) is 0 Å². The molecule has 4 nitrogen and oxygen atoms in total. The highest BCUT2D eigenvalue weighted by atomic mass is 35.5. The number of aliphatic hydroxyl groups is 1. The minimum absolute atomic E-state index is 0.142. The summed E-state index contributed by atoms with van der Waals surface area (Å²) in [4.78, 5) is 11.3. The second-order valence-corrected chi connectivity index (χ2v) is 4.77. The Kier molecular flexibility index (Phi) is 5.20. The Morgan fingerprint density at radius 2 is 1.90 bits per heavy atom. The van der Waals surface area contributed by atoms with Gasteiger partial charge >= 0.3 is 5.97 Å². The standard InChI is InChI=1S/C16H15ClO4/c1-20-16(19)12-7-5-11(6-8-12)10-21-15-13(9-18)3-2-4-14(15)17/h2-8,18H,9-10H2,1H3. The van der Waals surface area contributed by atoms with Gasteiger partial charge in [-0.3, -0.25) is 0 Å². The predicted molar refractivity (Wildman–Crippen MR) is 79.5 cm³/mol. The van der Waals surface area contributed by atoms with Gasteiger partial charge in [-0.2, -0.15) is 0 Å². The maximum atomic E-state index is 11.3. The summed E-state index contributed by atoms with van der Waals surface area (Å²) in [5.41, 5.74) is 2.00. The molecule has 2 rings (SSSR count). The van der Waals surface area contributed by atoms with Gasteiger partial charge in [-0.1, -0.05) is 35.9 Å². The van der Waals surface area contributed by atoms with Crippen LogP contribution in [0.25, 0.3) is 0 Å². The Labute approximate surface area is 127 Å². The molecule has 21 heavy (non-hydrogen) atoms. The first-order chi connectivity index (χ1) is 10.2. The zero-order chi connectivity index (χ0) is 15.2. The third-order valence-electron chi connectivity index (χ3n) is 2.98. The van der Waals surface area contributed by atoms with Crippen LogP contribution in [0.3, 0.4) is 0 Å². The van der Waals surface area contributed by atoms with Crippen molar-refractivity contribution in [2.24, 2.45) is 0 Å². The van der Waals surface area contributed by atoms with E-state index in [4.69, 9.17) is 16.3 Å². The largest absolute Gasteiger partial charge is 0.487 e. The van der Waals surface area contributed by atoms with Crippen molar-refractivity contribution in [3.8, 4) is 5.75 Å². The van der Waals surface area contributed by atoms with Crippen LogP contribution in [-0.2, 0) is 18.0 Å². The van der Waals surface area contributed by atoms with E-state index in [2.05, 4.69) is 4.74 Å². The smallest absolute Gasteiger partial charge is 0.337 e. The summed E-state index contributed by atoms with van der Waals surface area (Å²) in [7, 11) is 1.34. The first kappa shape index (κ1) is 15.4. The zero-order valence-corrected chi connectivity index (χ0v) is 12.3. The van der Waals surface area contributed by atoms with Crippen LogP contribution in [0.1, 0.15) is 21.5 Å². The fourth-order valence-electron chi connectivity index (χ4n) is 1.85. The molecule has 110 valence electrons. The monoisotopic (exact) mass is 306 g/mol. The molecular formula is C16H15ClO4. The number of para-hydroxylation sites is 1. The van der Waals surface area contributed by atoms with Crippen LogP contribution in [0.4, 0.5) is 0 Å². The van der Waals surface area contributed by atoms with Gasteiger partial charge in [0.25, 0.3) is 0 Å². The summed E-state index contributed by atoms with van der Waals surface area (Å²) in [6.45, 7) is 0.148. The fourth-order valence-corrected chi connectivity index (χ4v) is 2.10. The Morgan fingerprint density at radius 3 is 2.52 bits per heavy atom. The SMILES string of the molecule is COC(=O)c1ccc(COc2c(Cl)cccc2CO)cc1. The van der Waals surface area contributed by atoms with E-state index in [9.17, 15) is 9.90 Å². The number of hydrogen-bond acceptors (Lipinski definition) is 4. The summed E-state index contributed by atoms with van der Waals surface area (Å²) >= 11 is 6.06. The van der Waals surface area contributed by atoms with Crippen molar-refractivity contribution < 1.29 is 19.4 Å². The topological polar surface area (TPSA) is 55.8 Å². The van der Waals surface area contributed by atoms with E-state index in [0.29, 0.717) is 21.9 Å². The number of carbonyl (C=O) groups excluding carboxylic acids is 1. The molecular weight excluding hydrogens is 292 g/mol. The Morgan fingerprint density at radius 1 is 1.19 bits per heavy atom. The van der Waals surface area contributed by atoms with Crippen molar-refractivity contribution in [1.82, 2.24) is 0 Å². The molecule has 2 aromatic rings. The number of ether oxygens (including phenoxy) is 2. The normalized spacial score (nSPS) is 10.2. The predicted octanol–water partition coefficient (Wildman–Crippen LogP) is 3.20. The van der Waals surface area contributed by atoms with Gasteiger partial charge in [0.1, 0.15) is 12.4 Å². The van der Waals surface area contributed by atoms with E-state index < -0.39 is 0 Å². The molecule has 5 heteroatoms. The molecule has 0 fully saturated rings. The summed E-state index contributed by atoms with van der Waals surface area (Å²) in [5, 5.41) is 9.73. The molecule has 0 saturated heterocycles. The lowest BCUT2D eigenvalue weighted by atomic mass is 10.1. The van der Waals surface area contributed by atoms with E-state index in [0.717, 1.165) is 5.56 Å². The average molecular weight is 307 g/mol. The maximum absolute atomic E-state index is 11.3. The van der Waals surface area contributed by atoms with Gasteiger partial charge < -0.3 is 14.6 Å². The van der Waals surface area contributed by atoms with E-state index >= 15 is 0 Å². The molecule has 1 N–H and O–H groups in total. The van der Waals surface area contributed by atoms with Crippen LogP contribution in [0.15, 0.2) is 42.5 Å². The van der Waals surface area contributed by atoms with Crippen LogP contribution >= 0.6 is 11.6 Å². The molecule has 2 aromatic carbocycles. The van der Waals surface area contributed by atoms with Gasteiger partial charge in [-0.25, -0.2) is 4.79 Å². The lowest BCUT2D eigenvalue weighted by Gasteiger charge is -2.12. The number of methoxy groups -OCH3 is 1. The Hall–Kier alpha value is -2.04. The second kappa shape index (κ2) is 7.11. The van der Waals surface area contributed by atoms with Crippen molar-refractivity contribution >= 4 is 17.6 Å². The van der Waals surface area contributed by atoms with E-state index in [1.54, 1.807) is 42.5 Å². The first-order valence-corrected chi connectivity index (χ1v) is 6.71. The van der Waals surface area contributed by atoms with Gasteiger partial charge in [0, 0.05) is 5.56 Å². The minimum Gasteiger partial charge on any atom is -0.487 e. The third kappa shape index (κ3) is 3.74. The molecule has 0 bridgehead atoms. The van der Waals surface area contributed by atoms with E-state index in [1.807, 2.05) is 0 Å². The lowest BCUT2D eigenvalue weighted by Crippen LogP contribution is -2.02. The summed E-state index contributed by atoms with van der Waals surface area (Å²) in [5.74, 6) is 0.0925. The van der Waals surface area contributed by atoms with Crippen LogP contribution in [0.2, 0.25) is 5.02 Å². The van der Waals surface area contributed by atoms with Crippen molar-refractivity contribution in [2.75, 3.05) is 7.11 Å². The van der Waals surface area contributed by atoms with Gasteiger partial charge in [0.05, 0.1) is 24.3 Å². The number of aliphatic hydroxyl groups excluding tert-OH is 1. The van der Waals surface area contributed by atoms with Gasteiger partial charge in [0.15, 0.2) is 0 Å². The number of benzene rings is 2. The number of esters is 1. The highest BCUT2D eigenvalue weighted by Crippen LogP contribution is 2.29. The van der Waals surface area contributed by atoms with Gasteiger partial charge in [0.2, 0.25) is 0 Å². The van der Waals surface area contributed by atoms with Crippen molar-refractivity contribution in [2.45, 2.75) is 13.2 Å². The summed E-state index contributed by atoms with van der Waals surface area (Å²) < 4.78 is 10.3. The van der Waals surface area contributed by atoms with Crippen molar-refractivity contribution in [3.05, 3.63) is 64.2 Å². The molecule has 0 amide bonds. The fraction of sp³-hybridized carbons (Fsp3) is 0.188. The zero-order valence-electron chi connectivity index (χ0n) is 11.5. The molecule has 0 radical (unpaired) electrons. The molecule has 0 spiro atoms. The average Bonchev–Trinajstić information content (AvgIpc) is 2.53. The third-order valence-corrected chi connectivity index (χ3v) is 3.27. The molecule has 0 unspecified atom stereocenters. The van der Waals surface area contributed by atoms with Crippen LogP contribution < -0.4 is 4.74 Å². The number of carbonyl (C=O) groups is 1. The Bertz CT molecular complexity index is 623. The molecule has 0 aliphatic carbocycles. The summed E-state index contributed by atoms with van der Waals surface area (Å²) in [6.07, 6.45) is 0. The number of halogens is 1. The quantitative estimate of drug-likeness (QED) is 0.862. The maximum Gasteiger partial charge on any atom is 0.337 e. The molecule has 0 aromatic heterocycles. The second-order valence-electron chi connectivity index (χ2n) is 4.36. The van der Waals surface area contributed by atoms with E-state index in [1.165, 1.54) is 7.11 Å². The lowest BCUT2D eigenvalue weighted by molar-refractivity contribution is 0.0600. The molecule has 0 atom stereocenters. The van der Waals surface area contributed by atoms with E-state index in [-0.39, 0.29) is 19.2 Å². The summed E-state index contributed by atoms with van der Waals surface area (Å²) in [6, 6.07) is 12.1. The highest BCUT2D eigenvalue weighted by Gasteiger charge is 2.09. The number of hydrogen-bond donors (Lipinski definition) is 1.